The average molecular weight is 486 g/mol. The summed E-state index contributed by atoms with van der Waals surface area (Å²) in [6.45, 7) is 7.04. The predicted molar refractivity (Wildman–Crippen MR) is 133 cm³/mol. The molecule has 5 rings (SSSR count). The SMILES string of the molecule is COc1ccc2c(c1)Sc1ccc(SC)cc1C(N1CCN(CCN3CCOC3=O)CC1)C2. The molecule has 2 aromatic carbocycles. The van der Waals surface area contributed by atoms with Crippen LogP contribution in [0.5, 0.6) is 5.75 Å². The molecule has 0 aromatic heterocycles. The molecule has 0 radical (unpaired) electrons. The van der Waals surface area contributed by atoms with Crippen LogP contribution < -0.4 is 4.74 Å². The number of carbonyl (C=O) groups excluding carboxylic acids is 1. The van der Waals surface area contributed by atoms with Gasteiger partial charge in [0.05, 0.1) is 13.7 Å². The quantitative estimate of drug-likeness (QED) is 0.567. The minimum atomic E-state index is -0.166. The first-order valence-electron chi connectivity index (χ1n) is 11.6. The number of hydrogen-bond donors (Lipinski definition) is 0. The Hall–Kier alpha value is -1.87. The van der Waals surface area contributed by atoms with Gasteiger partial charge < -0.3 is 14.4 Å². The number of hydrogen-bond acceptors (Lipinski definition) is 7. The van der Waals surface area contributed by atoms with Crippen molar-refractivity contribution in [3.05, 3.63) is 47.5 Å². The molecule has 3 aliphatic heterocycles. The van der Waals surface area contributed by atoms with E-state index in [2.05, 4.69) is 52.5 Å². The summed E-state index contributed by atoms with van der Waals surface area (Å²) < 4.78 is 10.6. The van der Waals surface area contributed by atoms with Gasteiger partial charge in [-0.1, -0.05) is 17.8 Å². The van der Waals surface area contributed by atoms with Crippen LogP contribution in [-0.4, -0.2) is 86.6 Å². The fraction of sp³-hybridized carbons (Fsp3) is 0.480. The molecule has 1 atom stereocenters. The molecule has 6 nitrogen and oxygen atoms in total. The highest BCUT2D eigenvalue weighted by Crippen LogP contribution is 2.45. The van der Waals surface area contributed by atoms with Gasteiger partial charge in [0.2, 0.25) is 0 Å². The fourth-order valence-corrected chi connectivity index (χ4v) is 6.48. The number of ether oxygens (including phenoxy) is 2. The van der Waals surface area contributed by atoms with Gasteiger partial charge in [-0.2, -0.15) is 0 Å². The lowest BCUT2D eigenvalue weighted by Crippen LogP contribution is -2.49. The standard InChI is InChI=1S/C25H31N3O3S2/c1-30-19-4-3-18-15-22(21-17-20(32-2)5-6-23(21)33-24(18)16-19)27-10-7-26(8-11-27)9-12-28-13-14-31-25(28)29/h3-6,16-17,22H,7-15H2,1-2H3. The third kappa shape index (κ3) is 4.99. The number of rotatable bonds is 6. The number of cyclic esters (lactones) is 1. The number of benzene rings is 2. The van der Waals surface area contributed by atoms with Gasteiger partial charge in [0, 0.05) is 60.0 Å². The van der Waals surface area contributed by atoms with Crippen LogP contribution in [0.1, 0.15) is 17.2 Å². The molecular formula is C25H31N3O3S2. The van der Waals surface area contributed by atoms with Crippen molar-refractivity contribution in [3.8, 4) is 5.75 Å². The second-order valence-electron chi connectivity index (χ2n) is 8.68. The first-order chi connectivity index (χ1) is 16.1. The molecule has 2 fully saturated rings. The Balaban J connectivity index is 1.33. The van der Waals surface area contributed by atoms with Crippen molar-refractivity contribution in [1.82, 2.24) is 14.7 Å². The highest BCUT2D eigenvalue weighted by molar-refractivity contribution is 7.99. The van der Waals surface area contributed by atoms with E-state index < -0.39 is 0 Å². The Morgan fingerprint density at radius 2 is 1.91 bits per heavy atom. The molecule has 2 saturated heterocycles. The van der Waals surface area contributed by atoms with Gasteiger partial charge in [-0.15, -0.1) is 11.8 Å². The molecule has 1 unspecified atom stereocenters. The zero-order valence-corrected chi connectivity index (χ0v) is 20.9. The van der Waals surface area contributed by atoms with Crippen LogP contribution >= 0.6 is 23.5 Å². The van der Waals surface area contributed by atoms with Crippen LogP contribution in [0, 0.1) is 0 Å². The molecular weight excluding hydrogens is 454 g/mol. The summed E-state index contributed by atoms with van der Waals surface area (Å²) in [6, 6.07) is 13.8. The van der Waals surface area contributed by atoms with Crippen molar-refractivity contribution in [2.45, 2.75) is 27.1 Å². The number of fused-ring (bicyclic) bond motifs is 2. The second-order valence-corrected chi connectivity index (χ2v) is 10.6. The molecule has 33 heavy (non-hydrogen) atoms. The van der Waals surface area contributed by atoms with Crippen molar-refractivity contribution in [2.75, 3.05) is 65.8 Å². The van der Waals surface area contributed by atoms with Gasteiger partial charge in [0.1, 0.15) is 12.4 Å². The fourth-order valence-electron chi connectivity index (χ4n) is 4.88. The molecule has 1 amide bonds. The van der Waals surface area contributed by atoms with E-state index in [1.165, 1.54) is 25.8 Å². The van der Waals surface area contributed by atoms with E-state index in [4.69, 9.17) is 9.47 Å². The van der Waals surface area contributed by atoms with Crippen molar-refractivity contribution in [1.29, 1.82) is 0 Å². The van der Waals surface area contributed by atoms with Crippen LogP contribution in [0.15, 0.2) is 51.1 Å². The third-order valence-electron chi connectivity index (χ3n) is 6.86. The lowest BCUT2D eigenvalue weighted by Gasteiger charge is -2.40. The van der Waals surface area contributed by atoms with Gasteiger partial charge in [0.15, 0.2) is 0 Å². The number of nitrogens with zero attached hydrogens (tertiary/aromatic N) is 3. The normalized spacial score (nSPS) is 21.3. The summed E-state index contributed by atoms with van der Waals surface area (Å²) in [6.07, 6.45) is 2.99. The lowest BCUT2D eigenvalue weighted by molar-refractivity contribution is 0.0888. The first kappa shape index (κ1) is 22.9. The smallest absolute Gasteiger partial charge is 0.409 e. The predicted octanol–water partition coefficient (Wildman–Crippen LogP) is 4.24. The number of carbonyl (C=O) groups is 1. The Labute approximate surface area is 204 Å². The summed E-state index contributed by atoms with van der Waals surface area (Å²) in [5.41, 5.74) is 2.83. The van der Waals surface area contributed by atoms with Crippen molar-refractivity contribution in [3.63, 3.8) is 0 Å². The van der Waals surface area contributed by atoms with E-state index in [0.717, 1.165) is 58.0 Å². The molecule has 0 saturated carbocycles. The minimum Gasteiger partial charge on any atom is -0.497 e. The van der Waals surface area contributed by atoms with E-state index >= 15 is 0 Å². The zero-order chi connectivity index (χ0) is 22.8. The maximum atomic E-state index is 11.7. The Morgan fingerprint density at radius 3 is 2.64 bits per heavy atom. The topological polar surface area (TPSA) is 45.2 Å². The lowest BCUT2D eigenvalue weighted by atomic mass is 9.96. The van der Waals surface area contributed by atoms with Gasteiger partial charge in [0.25, 0.3) is 0 Å². The van der Waals surface area contributed by atoms with E-state index in [-0.39, 0.29) is 6.09 Å². The molecule has 8 heteroatoms. The molecule has 0 N–H and O–H groups in total. The molecule has 176 valence electrons. The van der Waals surface area contributed by atoms with E-state index in [1.807, 2.05) is 28.4 Å². The van der Waals surface area contributed by atoms with Crippen LogP contribution in [0.4, 0.5) is 4.79 Å². The summed E-state index contributed by atoms with van der Waals surface area (Å²) in [5, 5.41) is 0. The number of methoxy groups -OCH3 is 1. The van der Waals surface area contributed by atoms with Gasteiger partial charge >= 0.3 is 6.09 Å². The van der Waals surface area contributed by atoms with Gasteiger partial charge in [-0.3, -0.25) is 9.80 Å². The highest BCUT2D eigenvalue weighted by atomic mass is 32.2. The summed E-state index contributed by atoms with van der Waals surface area (Å²) in [4.78, 5) is 22.6. The molecule has 0 spiro atoms. The molecule has 3 heterocycles. The second kappa shape index (κ2) is 10.2. The maximum Gasteiger partial charge on any atom is 0.409 e. The molecule has 0 bridgehead atoms. The van der Waals surface area contributed by atoms with E-state index in [0.29, 0.717) is 12.6 Å². The molecule has 0 aliphatic carbocycles. The van der Waals surface area contributed by atoms with E-state index in [1.54, 1.807) is 7.11 Å². The number of piperazine rings is 1. The molecule has 2 aromatic rings. The minimum absolute atomic E-state index is 0.166. The van der Waals surface area contributed by atoms with Crippen molar-refractivity contribution < 1.29 is 14.3 Å². The summed E-state index contributed by atoms with van der Waals surface area (Å²) in [7, 11) is 1.73. The van der Waals surface area contributed by atoms with Crippen LogP contribution in [0.25, 0.3) is 0 Å². The molecule has 3 aliphatic rings. The highest BCUT2D eigenvalue weighted by Gasteiger charge is 2.31. The summed E-state index contributed by atoms with van der Waals surface area (Å²) >= 11 is 3.67. The third-order valence-corrected chi connectivity index (χ3v) is 8.78. The largest absolute Gasteiger partial charge is 0.497 e. The Bertz CT molecular complexity index is 1010. The summed E-state index contributed by atoms with van der Waals surface area (Å²) in [5.74, 6) is 0.914. The van der Waals surface area contributed by atoms with Crippen LogP contribution in [0.3, 0.4) is 0 Å². The number of thioether (sulfide) groups is 1. The maximum absolute atomic E-state index is 11.7. The first-order valence-corrected chi connectivity index (χ1v) is 13.6. The van der Waals surface area contributed by atoms with Gasteiger partial charge in [-0.05, 0) is 54.1 Å². The van der Waals surface area contributed by atoms with Crippen molar-refractivity contribution in [2.24, 2.45) is 0 Å². The monoisotopic (exact) mass is 485 g/mol. The van der Waals surface area contributed by atoms with Crippen LogP contribution in [0.2, 0.25) is 0 Å². The Kier molecular flexibility index (Phi) is 7.06. The Morgan fingerprint density at radius 1 is 1.06 bits per heavy atom. The average Bonchev–Trinajstić information content (AvgIpc) is 3.19. The number of amides is 1. The van der Waals surface area contributed by atoms with Gasteiger partial charge in [-0.25, -0.2) is 4.79 Å². The zero-order valence-electron chi connectivity index (χ0n) is 19.3. The van der Waals surface area contributed by atoms with E-state index in [9.17, 15) is 4.79 Å². The van der Waals surface area contributed by atoms with Crippen LogP contribution in [-0.2, 0) is 11.2 Å². The van der Waals surface area contributed by atoms with Crippen molar-refractivity contribution >= 4 is 29.6 Å².